The van der Waals surface area contributed by atoms with Gasteiger partial charge in [-0.15, -0.1) is 12.6 Å². The van der Waals surface area contributed by atoms with Crippen LogP contribution in [0.15, 0.2) is 53.4 Å². The maximum Gasteiger partial charge on any atom is 0.123 e. The van der Waals surface area contributed by atoms with Crippen LogP contribution in [0.4, 0.5) is 4.39 Å². The molecule has 3 nitrogen and oxygen atoms in total. The molecule has 140 valence electrons. The van der Waals surface area contributed by atoms with Crippen LogP contribution in [0.5, 0.6) is 5.75 Å². The van der Waals surface area contributed by atoms with Crippen molar-refractivity contribution in [3.05, 3.63) is 59.9 Å². The predicted octanol–water partition coefficient (Wildman–Crippen LogP) is 4.27. The second kappa shape index (κ2) is 8.89. The highest BCUT2D eigenvalue weighted by Gasteiger charge is 2.36. The fourth-order valence-corrected chi connectivity index (χ4v) is 4.12. The lowest BCUT2D eigenvalue weighted by atomic mass is 10.0. The normalized spacial score (nSPS) is 23.2. The smallest absolute Gasteiger partial charge is 0.123 e. The average Bonchev–Trinajstić information content (AvgIpc) is 3.20. The van der Waals surface area contributed by atoms with Crippen molar-refractivity contribution in [1.29, 1.82) is 0 Å². The molecule has 2 aliphatic rings. The molecule has 2 aromatic rings. The molecule has 1 aliphatic carbocycles. The highest BCUT2D eigenvalue weighted by Crippen LogP contribution is 2.38. The minimum atomic E-state index is -0.440. The molecule has 2 N–H and O–H groups in total. The van der Waals surface area contributed by atoms with E-state index in [1.165, 1.54) is 31.4 Å². The Morgan fingerprint density at radius 3 is 2.12 bits per heavy atom. The quantitative estimate of drug-likeness (QED) is 0.702. The van der Waals surface area contributed by atoms with Gasteiger partial charge in [0.05, 0.1) is 6.10 Å². The zero-order valence-corrected chi connectivity index (χ0v) is 15.7. The summed E-state index contributed by atoms with van der Waals surface area (Å²) in [6.45, 7) is 3.03. The summed E-state index contributed by atoms with van der Waals surface area (Å²) in [6, 6.07) is 12.9. The summed E-state index contributed by atoms with van der Waals surface area (Å²) in [7, 11) is 0. The Kier molecular flexibility index (Phi) is 6.57. The summed E-state index contributed by atoms with van der Waals surface area (Å²) >= 11 is 3.97. The Morgan fingerprint density at radius 2 is 1.58 bits per heavy atom. The Balaban J connectivity index is 0.000000206. The second-order valence-corrected chi connectivity index (χ2v) is 7.77. The number of rotatable bonds is 3. The van der Waals surface area contributed by atoms with Crippen molar-refractivity contribution in [3.63, 3.8) is 0 Å². The third-order valence-corrected chi connectivity index (χ3v) is 5.64. The summed E-state index contributed by atoms with van der Waals surface area (Å²) in [5, 5.41) is 19.5. The maximum atomic E-state index is 12.1. The van der Waals surface area contributed by atoms with Gasteiger partial charge in [0.1, 0.15) is 11.6 Å². The first-order valence-electron chi connectivity index (χ1n) is 9.15. The number of halogens is 1. The maximum absolute atomic E-state index is 12.1. The van der Waals surface area contributed by atoms with Crippen molar-refractivity contribution in [2.24, 2.45) is 11.8 Å². The predicted molar refractivity (Wildman–Crippen MR) is 104 cm³/mol. The van der Waals surface area contributed by atoms with Crippen molar-refractivity contribution in [3.8, 4) is 5.75 Å². The molecule has 0 bridgehead atoms. The topological polar surface area (TPSA) is 43.7 Å². The van der Waals surface area contributed by atoms with Crippen LogP contribution in [-0.4, -0.2) is 34.7 Å². The highest BCUT2D eigenvalue weighted by molar-refractivity contribution is 7.80. The molecule has 0 amide bonds. The molecule has 0 spiro atoms. The fraction of sp³-hybridized carbons (Fsp3) is 0.429. The average molecular weight is 376 g/mol. The van der Waals surface area contributed by atoms with Crippen molar-refractivity contribution < 1.29 is 14.6 Å². The van der Waals surface area contributed by atoms with Gasteiger partial charge < -0.3 is 10.2 Å². The summed E-state index contributed by atoms with van der Waals surface area (Å²) in [6.07, 6.45) is 3.70. The van der Waals surface area contributed by atoms with Crippen LogP contribution >= 0.6 is 12.6 Å². The first kappa shape index (κ1) is 19.2. The lowest BCUT2D eigenvalue weighted by Crippen LogP contribution is -2.27. The van der Waals surface area contributed by atoms with Crippen LogP contribution in [0.2, 0.25) is 0 Å². The molecular formula is C21H26FNO2S. The van der Waals surface area contributed by atoms with Crippen molar-refractivity contribution in [1.82, 2.24) is 4.90 Å². The second-order valence-electron chi connectivity index (χ2n) is 7.25. The van der Waals surface area contributed by atoms with Gasteiger partial charge in [-0.05, 0) is 66.6 Å². The molecule has 26 heavy (non-hydrogen) atoms. The highest BCUT2D eigenvalue weighted by atomic mass is 32.1. The van der Waals surface area contributed by atoms with E-state index in [0.717, 1.165) is 41.9 Å². The van der Waals surface area contributed by atoms with Gasteiger partial charge in [-0.25, -0.2) is 4.39 Å². The van der Waals surface area contributed by atoms with E-state index in [0.29, 0.717) is 0 Å². The molecule has 1 unspecified atom stereocenters. The van der Waals surface area contributed by atoms with Gasteiger partial charge in [0.15, 0.2) is 0 Å². The van der Waals surface area contributed by atoms with E-state index in [-0.39, 0.29) is 11.6 Å². The Bertz CT molecular complexity index is 659. The van der Waals surface area contributed by atoms with E-state index >= 15 is 0 Å². The lowest BCUT2D eigenvalue weighted by molar-refractivity contribution is 0.122. The van der Waals surface area contributed by atoms with Crippen LogP contribution < -0.4 is 0 Å². The molecular weight excluding hydrogens is 349 g/mol. The molecule has 0 aromatic heterocycles. The van der Waals surface area contributed by atoms with E-state index in [4.69, 9.17) is 0 Å². The molecule has 0 radical (unpaired) electrons. The molecule has 2 aromatic carbocycles. The van der Waals surface area contributed by atoms with Gasteiger partial charge in [-0.1, -0.05) is 18.6 Å². The number of nitrogens with zero attached hydrogens (tertiary/aromatic N) is 1. The van der Waals surface area contributed by atoms with Gasteiger partial charge in [0, 0.05) is 24.5 Å². The van der Waals surface area contributed by atoms with Gasteiger partial charge in [-0.2, -0.15) is 0 Å². The molecule has 2 fully saturated rings. The molecule has 1 saturated carbocycles. The third-order valence-electron chi connectivity index (χ3n) is 5.34. The number of aliphatic hydroxyl groups excluding tert-OH is 1. The summed E-state index contributed by atoms with van der Waals surface area (Å²) in [5.41, 5.74) is 0.893. The Labute approximate surface area is 159 Å². The number of likely N-dealkylation sites (tertiary alicyclic amines) is 1. The number of thiol groups is 1. The number of aliphatic hydroxyl groups is 1. The number of aromatic hydroxyl groups is 1. The zero-order valence-electron chi connectivity index (χ0n) is 14.8. The molecule has 1 saturated heterocycles. The van der Waals surface area contributed by atoms with Crippen LogP contribution in [0.1, 0.15) is 30.9 Å². The number of phenolic OH excluding ortho intramolecular Hbond substituents is 1. The lowest BCUT2D eigenvalue weighted by Gasteiger charge is -2.21. The number of fused-ring (bicyclic) bond motifs is 1. The molecule has 1 heterocycles. The number of β-amino-alcohol motifs (C(OH)–C–C–N with tert-alkyl or cyclic N) is 1. The summed E-state index contributed by atoms with van der Waals surface area (Å²) < 4.78 is 12.1. The van der Waals surface area contributed by atoms with E-state index in [9.17, 15) is 14.6 Å². The largest absolute Gasteiger partial charge is 0.508 e. The summed E-state index contributed by atoms with van der Waals surface area (Å²) in [5.74, 6) is 1.78. The van der Waals surface area contributed by atoms with Gasteiger partial charge >= 0.3 is 0 Å². The zero-order chi connectivity index (χ0) is 18.5. The number of hydrogen-bond donors (Lipinski definition) is 3. The number of phenols is 1. The third kappa shape index (κ3) is 5.22. The van der Waals surface area contributed by atoms with Crippen LogP contribution in [-0.2, 0) is 0 Å². The van der Waals surface area contributed by atoms with Crippen LogP contribution in [0, 0.1) is 17.7 Å². The summed E-state index contributed by atoms with van der Waals surface area (Å²) in [4.78, 5) is 3.18. The van der Waals surface area contributed by atoms with Gasteiger partial charge in [0.25, 0.3) is 0 Å². The van der Waals surface area contributed by atoms with Crippen molar-refractivity contribution in [2.45, 2.75) is 30.3 Å². The van der Waals surface area contributed by atoms with Crippen molar-refractivity contribution in [2.75, 3.05) is 19.6 Å². The van der Waals surface area contributed by atoms with E-state index in [2.05, 4.69) is 17.5 Å². The standard InChI is InChI=1S/C15H21NO2.C6H5FS/c17-14-6-4-11(5-7-14)15(18)10-16-8-12-2-1-3-13(12)9-16;7-5-1-3-6(8)4-2-5/h4-7,12-13,15,17-18H,1-3,8-10H2;1-4,8H/t12-,13+,15?;. The Morgan fingerprint density at radius 1 is 1.00 bits per heavy atom. The monoisotopic (exact) mass is 375 g/mol. The van der Waals surface area contributed by atoms with Crippen molar-refractivity contribution >= 4 is 12.6 Å². The molecule has 5 heteroatoms. The van der Waals surface area contributed by atoms with E-state index in [1.54, 1.807) is 36.4 Å². The molecule has 4 rings (SSSR count). The van der Waals surface area contributed by atoms with E-state index < -0.39 is 6.10 Å². The number of benzene rings is 2. The fourth-order valence-electron chi connectivity index (χ4n) is 3.97. The SMILES string of the molecule is Fc1ccc(S)cc1.Oc1ccc(C(O)CN2C[C@H]3CCC[C@H]3C2)cc1. The molecule has 3 atom stereocenters. The first-order chi connectivity index (χ1) is 12.5. The van der Waals surface area contributed by atoms with Gasteiger partial charge in [-0.3, -0.25) is 4.90 Å². The minimum absolute atomic E-state index is 0.220. The van der Waals surface area contributed by atoms with Gasteiger partial charge in [0.2, 0.25) is 0 Å². The molecule has 1 aliphatic heterocycles. The first-order valence-corrected chi connectivity index (χ1v) is 9.60. The minimum Gasteiger partial charge on any atom is -0.508 e. The van der Waals surface area contributed by atoms with E-state index in [1.807, 2.05) is 0 Å². The number of hydrogen-bond acceptors (Lipinski definition) is 4. The van der Waals surface area contributed by atoms with Crippen LogP contribution in [0.25, 0.3) is 0 Å². The Hall–Kier alpha value is -1.56. The van der Waals surface area contributed by atoms with Crippen LogP contribution in [0.3, 0.4) is 0 Å².